The lowest BCUT2D eigenvalue weighted by molar-refractivity contribution is -0.140. The van der Waals surface area contributed by atoms with E-state index in [2.05, 4.69) is 22.6 Å². The summed E-state index contributed by atoms with van der Waals surface area (Å²) in [5.74, 6) is 0.323. The molecule has 3 rings (SSSR count). The lowest BCUT2D eigenvalue weighted by Gasteiger charge is -2.06. The molecule has 2 aromatic carbocycles. The van der Waals surface area contributed by atoms with Crippen molar-refractivity contribution in [3.63, 3.8) is 0 Å². The summed E-state index contributed by atoms with van der Waals surface area (Å²) in [6.07, 6.45) is 2.55. The van der Waals surface area contributed by atoms with Crippen LogP contribution in [-0.2, 0) is 16.0 Å². The number of aryl methyl sites for hydroxylation is 1. The number of rotatable bonds is 5. The van der Waals surface area contributed by atoms with E-state index < -0.39 is 0 Å². The number of hydrogen-bond acceptors (Lipinski definition) is 4. The number of benzene rings is 2. The Labute approximate surface area is 165 Å². The van der Waals surface area contributed by atoms with Gasteiger partial charge in [0.1, 0.15) is 5.75 Å². The normalized spacial score (nSPS) is 10.7. The molecule has 0 amide bonds. The SMILES string of the molecule is COC(=O)CCc1cn(C(=O)c2ccccc2I)c2ccc(OC)cc12. The van der Waals surface area contributed by atoms with Crippen molar-refractivity contribution < 1.29 is 19.1 Å². The van der Waals surface area contributed by atoms with Crippen molar-refractivity contribution in [3.05, 3.63) is 63.4 Å². The van der Waals surface area contributed by atoms with Gasteiger partial charge in [0.2, 0.25) is 0 Å². The van der Waals surface area contributed by atoms with Gasteiger partial charge in [-0.05, 0) is 64.9 Å². The third kappa shape index (κ3) is 3.60. The van der Waals surface area contributed by atoms with Crippen LogP contribution in [0.25, 0.3) is 10.9 Å². The summed E-state index contributed by atoms with van der Waals surface area (Å²) in [6.45, 7) is 0. The van der Waals surface area contributed by atoms with Crippen LogP contribution in [0.2, 0.25) is 0 Å². The smallest absolute Gasteiger partial charge is 0.305 e. The lowest BCUT2D eigenvalue weighted by Crippen LogP contribution is -2.12. The van der Waals surface area contributed by atoms with Gasteiger partial charge in [-0.25, -0.2) is 0 Å². The van der Waals surface area contributed by atoms with Gasteiger partial charge in [-0.3, -0.25) is 14.2 Å². The van der Waals surface area contributed by atoms with Crippen molar-refractivity contribution in [2.24, 2.45) is 0 Å². The lowest BCUT2D eigenvalue weighted by atomic mass is 10.1. The Morgan fingerprint density at radius 2 is 1.88 bits per heavy atom. The Morgan fingerprint density at radius 1 is 1.12 bits per heavy atom. The van der Waals surface area contributed by atoms with E-state index >= 15 is 0 Å². The molecule has 0 aliphatic carbocycles. The molecular formula is C20H18INO4. The molecule has 26 heavy (non-hydrogen) atoms. The van der Waals surface area contributed by atoms with Crippen LogP contribution in [0.3, 0.4) is 0 Å². The van der Waals surface area contributed by atoms with Gasteiger partial charge < -0.3 is 9.47 Å². The van der Waals surface area contributed by atoms with Crippen molar-refractivity contribution in [3.8, 4) is 5.75 Å². The minimum Gasteiger partial charge on any atom is -0.497 e. The van der Waals surface area contributed by atoms with Gasteiger partial charge in [-0.2, -0.15) is 0 Å². The highest BCUT2D eigenvalue weighted by atomic mass is 127. The minimum absolute atomic E-state index is 0.102. The molecule has 0 N–H and O–H groups in total. The fraction of sp³-hybridized carbons (Fsp3) is 0.200. The van der Waals surface area contributed by atoms with Gasteiger partial charge in [-0.15, -0.1) is 0 Å². The summed E-state index contributed by atoms with van der Waals surface area (Å²) in [5, 5.41) is 0.896. The zero-order valence-electron chi connectivity index (χ0n) is 14.5. The van der Waals surface area contributed by atoms with E-state index in [0.29, 0.717) is 17.7 Å². The molecule has 0 unspecified atom stereocenters. The number of hydrogen-bond donors (Lipinski definition) is 0. The number of fused-ring (bicyclic) bond motifs is 1. The average molecular weight is 463 g/mol. The summed E-state index contributed by atoms with van der Waals surface area (Å²) >= 11 is 2.16. The van der Waals surface area contributed by atoms with Gasteiger partial charge in [0.25, 0.3) is 5.91 Å². The predicted octanol–water partition coefficient (Wildman–Crippen LogP) is 4.05. The Bertz CT molecular complexity index is 977. The zero-order chi connectivity index (χ0) is 18.7. The van der Waals surface area contributed by atoms with Crippen LogP contribution in [-0.4, -0.2) is 30.7 Å². The maximum atomic E-state index is 13.1. The third-order valence-electron chi connectivity index (χ3n) is 4.24. The van der Waals surface area contributed by atoms with Crippen molar-refractivity contribution in [1.82, 2.24) is 4.57 Å². The molecule has 1 aromatic heterocycles. The first-order chi connectivity index (χ1) is 12.5. The molecule has 0 aliphatic rings. The molecule has 3 aromatic rings. The van der Waals surface area contributed by atoms with Crippen LogP contribution >= 0.6 is 22.6 Å². The van der Waals surface area contributed by atoms with E-state index in [4.69, 9.17) is 9.47 Å². The number of ether oxygens (including phenoxy) is 2. The average Bonchev–Trinajstić information content (AvgIpc) is 3.03. The Morgan fingerprint density at radius 3 is 2.58 bits per heavy atom. The van der Waals surface area contributed by atoms with Crippen LogP contribution in [0.1, 0.15) is 22.3 Å². The number of halogens is 1. The van der Waals surface area contributed by atoms with Gasteiger partial charge in [0.15, 0.2) is 0 Å². The third-order valence-corrected chi connectivity index (χ3v) is 5.18. The number of aromatic nitrogens is 1. The second kappa shape index (κ2) is 7.90. The first-order valence-corrected chi connectivity index (χ1v) is 9.17. The molecule has 0 saturated heterocycles. The van der Waals surface area contributed by atoms with Crippen LogP contribution in [0.15, 0.2) is 48.7 Å². The monoisotopic (exact) mass is 463 g/mol. The molecule has 0 spiro atoms. The highest BCUT2D eigenvalue weighted by Gasteiger charge is 2.18. The van der Waals surface area contributed by atoms with Gasteiger partial charge in [-0.1, -0.05) is 12.1 Å². The first kappa shape index (κ1) is 18.4. The van der Waals surface area contributed by atoms with Gasteiger partial charge in [0, 0.05) is 21.6 Å². The number of methoxy groups -OCH3 is 2. The maximum Gasteiger partial charge on any atom is 0.305 e. The fourth-order valence-corrected chi connectivity index (χ4v) is 3.49. The second-order valence-corrected chi connectivity index (χ2v) is 6.93. The van der Waals surface area contributed by atoms with Crippen molar-refractivity contribution >= 4 is 45.4 Å². The number of carbonyl (C=O) groups excluding carboxylic acids is 2. The molecule has 6 heteroatoms. The second-order valence-electron chi connectivity index (χ2n) is 5.77. The standard InChI is InChI=1S/C20H18INO4/c1-25-14-8-9-18-16(11-14)13(7-10-19(23)26-2)12-22(18)20(24)15-5-3-4-6-17(15)21/h3-6,8-9,11-12H,7,10H2,1-2H3. The van der Waals surface area contributed by atoms with Crippen LogP contribution in [0, 0.1) is 3.57 Å². The summed E-state index contributed by atoms with van der Waals surface area (Å²) in [5.41, 5.74) is 2.33. The topological polar surface area (TPSA) is 57.5 Å². The predicted molar refractivity (Wildman–Crippen MR) is 108 cm³/mol. The summed E-state index contributed by atoms with van der Waals surface area (Å²) in [7, 11) is 2.97. The molecule has 134 valence electrons. The molecule has 0 atom stereocenters. The zero-order valence-corrected chi connectivity index (χ0v) is 16.6. The Balaban J connectivity index is 2.09. The van der Waals surface area contributed by atoms with Gasteiger partial charge in [0.05, 0.1) is 25.3 Å². The molecule has 0 fully saturated rings. The van der Waals surface area contributed by atoms with E-state index in [9.17, 15) is 9.59 Å². The molecule has 1 heterocycles. The fourth-order valence-electron chi connectivity index (χ4n) is 2.87. The highest BCUT2D eigenvalue weighted by Crippen LogP contribution is 2.28. The van der Waals surface area contributed by atoms with Gasteiger partial charge >= 0.3 is 5.97 Å². The van der Waals surface area contributed by atoms with E-state index in [-0.39, 0.29) is 18.3 Å². The largest absolute Gasteiger partial charge is 0.497 e. The molecule has 0 bridgehead atoms. The molecule has 0 aliphatic heterocycles. The van der Waals surface area contributed by atoms with Crippen molar-refractivity contribution in [1.29, 1.82) is 0 Å². The summed E-state index contributed by atoms with van der Waals surface area (Å²) < 4.78 is 12.6. The van der Waals surface area contributed by atoms with E-state index in [1.807, 2.05) is 42.5 Å². The Hall–Kier alpha value is -2.35. The van der Waals surface area contributed by atoms with Crippen LogP contribution < -0.4 is 4.74 Å². The number of esters is 1. The molecule has 0 saturated carbocycles. The van der Waals surface area contributed by atoms with Crippen molar-refractivity contribution in [2.45, 2.75) is 12.8 Å². The van der Waals surface area contributed by atoms with Crippen molar-refractivity contribution in [2.75, 3.05) is 14.2 Å². The summed E-state index contributed by atoms with van der Waals surface area (Å²) in [6, 6.07) is 13.0. The molecule has 5 nitrogen and oxygen atoms in total. The minimum atomic E-state index is -0.280. The van der Waals surface area contributed by atoms with Crippen LogP contribution in [0.5, 0.6) is 5.75 Å². The molecular weight excluding hydrogens is 445 g/mol. The number of carbonyl (C=O) groups is 2. The number of nitrogens with zero attached hydrogens (tertiary/aromatic N) is 1. The summed E-state index contributed by atoms with van der Waals surface area (Å²) in [4.78, 5) is 24.6. The van der Waals surface area contributed by atoms with Crippen LogP contribution in [0.4, 0.5) is 0 Å². The molecule has 0 radical (unpaired) electrons. The first-order valence-electron chi connectivity index (χ1n) is 8.09. The van der Waals surface area contributed by atoms with E-state index in [0.717, 1.165) is 20.0 Å². The highest BCUT2D eigenvalue weighted by molar-refractivity contribution is 14.1. The maximum absolute atomic E-state index is 13.1. The Kier molecular flexibility index (Phi) is 5.61. The van der Waals surface area contributed by atoms with E-state index in [1.54, 1.807) is 17.9 Å². The van der Waals surface area contributed by atoms with E-state index in [1.165, 1.54) is 7.11 Å². The quantitative estimate of drug-likeness (QED) is 0.423.